The van der Waals surface area contributed by atoms with E-state index in [0.717, 1.165) is 11.4 Å². The number of hydrogen-bond donors (Lipinski definition) is 0. The Kier molecular flexibility index (Phi) is 5.37. The van der Waals surface area contributed by atoms with E-state index >= 15 is 0 Å². The maximum Gasteiger partial charge on any atom is 0.228 e. The lowest BCUT2D eigenvalue weighted by Crippen LogP contribution is -2.36. The first-order valence-electron chi connectivity index (χ1n) is 9.42. The fourth-order valence-corrected chi connectivity index (χ4v) is 3.54. The molecule has 0 radical (unpaired) electrons. The SMILES string of the molecule is COc1ccc(N2CC(C(=O)N(Cc3ccco3)Cc3ccco3)CC2=O)cc1. The normalized spacial score (nSPS) is 16.2. The van der Waals surface area contributed by atoms with Gasteiger partial charge in [0, 0.05) is 18.7 Å². The van der Waals surface area contributed by atoms with Crippen LogP contribution in [-0.2, 0) is 22.7 Å². The summed E-state index contributed by atoms with van der Waals surface area (Å²) in [5.74, 6) is 1.50. The zero-order valence-electron chi connectivity index (χ0n) is 16.1. The van der Waals surface area contributed by atoms with Crippen molar-refractivity contribution in [1.29, 1.82) is 0 Å². The Morgan fingerprint density at radius 3 is 2.21 bits per heavy atom. The highest BCUT2D eigenvalue weighted by atomic mass is 16.5. The van der Waals surface area contributed by atoms with Gasteiger partial charge in [0.05, 0.1) is 38.6 Å². The van der Waals surface area contributed by atoms with Crippen molar-refractivity contribution < 1.29 is 23.2 Å². The molecule has 0 N–H and O–H groups in total. The third-order valence-corrected chi connectivity index (χ3v) is 5.02. The molecular weight excluding hydrogens is 372 g/mol. The van der Waals surface area contributed by atoms with E-state index < -0.39 is 5.92 Å². The van der Waals surface area contributed by atoms with Gasteiger partial charge in [-0.05, 0) is 48.5 Å². The van der Waals surface area contributed by atoms with Crippen LogP contribution in [0.25, 0.3) is 0 Å². The van der Waals surface area contributed by atoms with Crippen molar-refractivity contribution in [3.8, 4) is 5.75 Å². The zero-order valence-corrected chi connectivity index (χ0v) is 16.1. The van der Waals surface area contributed by atoms with E-state index in [1.165, 1.54) is 0 Å². The summed E-state index contributed by atoms with van der Waals surface area (Å²) in [5.41, 5.74) is 0.759. The quantitative estimate of drug-likeness (QED) is 0.613. The molecule has 0 spiro atoms. The van der Waals surface area contributed by atoms with Crippen LogP contribution in [0.2, 0.25) is 0 Å². The number of methoxy groups -OCH3 is 1. The Bertz CT molecular complexity index is 912. The topological polar surface area (TPSA) is 76.1 Å². The summed E-state index contributed by atoms with van der Waals surface area (Å²) >= 11 is 0. The second kappa shape index (κ2) is 8.26. The zero-order chi connectivity index (χ0) is 20.2. The number of furan rings is 2. The van der Waals surface area contributed by atoms with Crippen molar-refractivity contribution in [2.45, 2.75) is 19.5 Å². The number of amides is 2. The molecule has 1 fully saturated rings. The molecule has 1 aliphatic heterocycles. The van der Waals surface area contributed by atoms with Crippen LogP contribution in [-0.4, -0.2) is 30.4 Å². The van der Waals surface area contributed by atoms with Crippen molar-refractivity contribution in [3.63, 3.8) is 0 Å². The van der Waals surface area contributed by atoms with Gasteiger partial charge in [0.1, 0.15) is 17.3 Å². The third-order valence-electron chi connectivity index (χ3n) is 5.02. The molecule has 0 saturated carbocycles. The Morgan fingerprint density at radius 1 is 1.07 bits per heavy atom. The molecule has 0 bridgehead atoms. The average molecular weight is 394 g/mol. The lowest BCUT2D eigenvalue weighted by atomic mass is 10.1. The molecular formula is C22H22N2O5. The summed E-state index contributed by atoms with van der Waals surface area (Å²) in [6.45, 7) is 0.982. The summed E-state index contributed by atoms with van der Waals surface area (Å²) in [7, 11) is 1.59. The largest absolute Gasteiger partial charge is 0.497 e. The van der Waals surface area contributed by atoms with E-state index in [1.807, 2.05) is 24.3 Å². The van der Waals surface area contributed by atoms with Crippen LogP contribution in [0.15, 0.2) is 69.9 Å². The Labute approximate surface area is 168 Å². The van der Waals surface area contributed by atoms with Gasteiger partial charge in [0.15, 0.2) is 0 Å². The highest BCUT2D eigenvalue weighted by molar-refractivity contribution is 6.00. The second-order valence-electron chi connectivity index (χ2n) is 6.96. The van der Waals surface area contributed by atoms with Crippen LogP contribution in [0, 0.1) is 5.92 Å². The second-order valence-corrected chi connectivity index (χ2v) is 6.96. The first kappa shape index (κ1) is 18.9. The summed E-state index contributed by atoms with van der Waals surface area (Å²) in [6, 6.07) is 14.5. The summed E-state index contributed by atoms with van der Waals surface area (Å²) in [4.78, 5) is 29.2. The predicted molar refractivity (Wildman–Crippen MR) is 105 cm³/mol. The number of carbonyl (C=O) groups is 2. The molecule has 1 atom stereocenters. The minimum Gasteiger partial charge on any atom is -0.497 e. The van der Waals surface area contributed by atoms with Gasteiger partial charge in [-0.15, -0.1) is 0 Å². The first-order chi connectivity index (χ1) is 14.1. The van der Waals surface area contributed by atoms with Gasteiger partial charge in [0.25, 0.3) is 0 Å². The number of hydrogen-bond acceptors (Lipinski definition) is 5. The molecule has 2 amide bonds. The Hall–Kier alpha value is -3.48. The lowest BCUT2D eigenvalue weighted by molar-refractivity contribution is -0.137. The maximum absolute atomic E-state index is 13.3. The van der Waals surface area contributed by atoms with Gasteiger partial charge < -0.3 is 23.4 Å². The minimum atomic E-state index is -0.422. The monoisotopic (exact) mass is 394 g/mol. The molecule has 1 saturated heterocycles. The van der Waals surface area contributed by atoms with E-state index in [0.29, 0.717) is 31.2 Å². The maximum atomic E-state index is 13.3. The van der Waals surface area contributed by atoms with Crippen molar-refractivity contribution in [1.82, 2.24) is 4.90 Å². The summed E-state index contributed by atoms with van der Waals surface area (Å²) in [6.07, 6.45) is 3.34. The van der Waals surface area contributed by atoms with E-state index in [2.05, 4.69) is 0 Å². The molecule has 1 aliphatic rings. The predicted octanol–water partition coefficient (Wildman–Crippen LogP) is 3.46. The van der Waals surface area contributed by atoms with Crippen LogP contribution in [0.5, 0.6) is 5.75 Å². The van der Waals surface area contributed by atoms with Crippen molar-refractivity contribution in [2.24, 2.45) is 5.92 Å². The Balaban J connectivity index is 1.50. The van der Waals surface area contributed by atoms with E-state index in [9.17, 15) is 9.59 Å². The molecule has 1 unspecified atom stereocenters. The van der Waals surface area contributed by atoms with Crippen LogP contribution in [0.1, 0.15) is 17.9 Å². The number of anilines is 1. The van der Waals surface area contributed by atoms with Crippen LogP contribution < -0.4 is 9.64 Å². The third kappa shape index (κ3) is 4.18. The molecule has 7 heteroatoms. The van der Waals surface area contributed by atoms with Gasteiger partial charge >= 0.3 is 0 Å². The molecule has 150 valence electrons. The van der Waals surface area contributed by atoms with Crippen LogP contribution in [0.3, 0.4) is 0 Å². The highest BCUT2D eigenvalue weighted by Gasteiger charge is 2.37. The lowest BCUT2D eigenvalue weighted by Gasteiger charge is -2.24. The van der Waals surface area contributed by atoms with Gasteiger partial charge in [-0.2, -0.15) is 0 Å². The van der Waals surface area contributed by atoms with E-state index in [4.69, 9.17) is 13.6 Å². The molecule has 4 rings (SSSR count). The molecule has 29 heavy (non-hydrogen) atoms. The first-order valence-corrected chi connectivity index (χ1v) is 9.42. The molecule has 0 aliphatic carbocycles. The fourth-order valence-electron chi connectivity index (χ4n) is 3.54. The van der Waals surface area contributed by atoms with Gasteiger partial charge in [-0.1, -0.05) is 0 Å². The molecule has 3 aromatic rings. The van der Waals surface area contributed by atoms with Gasteiger partial charge in [-0.25, -0.2) is 0 Å². The number of nitrogens with zero attached hydrogens (tertiary/aromatic N) is 2. The van der Waals surface area contributed by atoms with Gasteiger partial charge in [-0.3, -0.25) is 9.59 Å². The standard InChI is InChI=1S/C22H22N2O5/c1-27-18-8-6-17(7-9-18)24-13-16(12-21(24)25)22(26)23(14-19-4-2-10-28-19)15-20-5-3-11-29-20/h2-11,16H,12-15H2,1H3. The molecule has 2 aromatic heterocycles. The number of benzene rings is 1. The van der Waals surface area contributed by atoms with Crippen molar-refractivity contribution in [3.05, 3.63) is 72.6 Å². The van der Waals surface area contributed by atoms with Crippen LogP contribution >= 0.6 is 0 Å². The summed E-state index contributed by atoms with van der Waals surface area (Å²) < 4.78 is 16.0. The van der Waals surface area contributed by atoms with Crippen LogP contribution in [0.4, 0.5) is 5.69 Å². The van der Waals surface area contributed by atoms with Gasteiger partial charge in [0.2, 0.25) is 11.8 Å². The average Bonchev–Trinajstić information content (AvgIpc) is 3.50. The molecule has 7 nitrogen and oxygen atoms in total. The molecule has 3 heterocycles. The number of ether oxygens (including phenoxy) is 1. The summed E-state index contributed by atoms with van der Waals surface area (Å²) in [5, 5.41) is 0. The Morgan fingerprint density at radius 2 is 1.69 bits per heavy atom. The minimum absolute atomic E-state index is 0.0653. The van der Waals surface area contributed by atoms with E-state index in [1.54, 1.807) is 53.7 Å². The fraction of sp³-hybridized carbons (Fsp3) is 0.273. The van der Waals surface area contributed by atoms with E-state index in [-0.39, 0.29) is 18.2 Å². The van der Waals surface area contributed by atoms with Crippen molar-refractivity contribution >= 4 is 17.5 Å². The highest BCUT2D eigenvalue weighted by Crippen LogP contribution is 2.28. The smallest absolute Gasteiger partial charge is 0.228 e. The molecule has 1 aromatic carbocycles. The van der Waals surface area contributed by atoms with Crippen molar-refractivity contribution in [2.75, 3.05) is 18.6 Å². The number of rotatable bonds is 7. The number of carbonyl (C=O) groups excluding carboxylic acids is 2.